The van der Waals surface area contributed by atoms with Gasteiger partial charge in [-0.15, -0.1) is 11.3 Å². The van der Waals surface area contributed by atoms with Gasteiger partial charge in [0.1, 0.15) is 5.01 Å². The van der Waals surface area contributed by atoms with E-state index in [2.05, 4.69) is 57.3 Å². The Balaban J connectivity index is 1.87. The van der Waals surface area contributed by atoms with Crippen LogP contribution in [0.5, 0.6) is 0 Å². The Kier molecular flexibility index (Phi) is 4.39. The standard InChI is InChI=1S/C19H18BrN3S/c20-12-8-9-15-14(11-12)13(5-3-4-10-21)18(22-15)19-23-16-6-1-2-7-17(16)24-19/h1-2,6-9,11,22H,3-5,10,21H2. The number of nitrogens with two attached hydrogens (primary N) is 1. The number of hydrogen-bond acceptors (Lipinski definition) is 3. The lowest BCUT2D eigenvalue weighted by Gasteiger charge is -2.02. The second kappa shape index (κ2) is 6.67. The molecule has 0 amide bonds. The van der Waals surface area contributed by atoms with Crippen LogP contribution in [0.2, 0.25) is 0 Å². The molecule has 0 radical (unpaired) electrons. The van der Waals surface area contributed by atoms with Crippen LogP contribution in [-0.2, 0) is 6.42 Å². The Bertz CT molecular complexity index is 969. The number of para-hydroxylation sites is 1. The molecule has 0 saturated heterocycles. The first kappa shape index (κ1) is 15.8. The van der Waals surface area contributed by atoms with Crippen LogP contribution in [0.25, 0.3) is 31.8 Å². The maximum Gasteiger partial charge on any atom is 0.141 e. The number of nitrogens with one attached hydrogen (secondary N) is 1. The van der Waals surface area contributed by atoms with E-state index in [1.165, 1.54) is 15.6 Å². The number of rotatable bonds is 5. The molecule has 2 aromatic carbocycles. The first-order valence-electron chi connectivity index (χ1n) is 8.12. The fourth-order valence-corrected chi connectivity index (χ4v) is 4.44. The first-order chi connectivity index (χ1) is 11.8. The number of H-pyrrole nitrogens is 1. The average Bonchev–Trinajstić information content (AvgIpc) is 3.16. The summed E-state index contributed by atoms with van der Waals surface area (Å²) < 4.78 is 2.32. The van der Waals surface area contributed by atoms with E-state index in [0.29, 0.717) is 0 Å². The summed E-state index contributed by atoms with van der Waals surface area (Å²) >= 11 is 5.34. The molecule has 122 valence electrons. The third-order valence-corrected chi connectivity index (χ3v) is 5.80. The first-order valence-corrected chi connectivity index (χ1v) is 9.73. The molecule has 0 aliphatic carbocycles. The van der Waals surface area contributed by atoms with Gasteiger partial charge < -0.3 is 10.7 Å². The fraction of sp³-hybridized carbons (Fsp3) is 0.211. The maximum atomic E-state index is 5.68. The molecular formula is C19H18BrN3S. The molecule has 0 atom stereocenters. The quantitative estimate of drug-likeness (QED) is 0.436. The molecule has 4 aromatic rings. The molecule has 0 fully saturated rings. The topological polar surface area (TPSA) is 54.7 Å². The van der Waals surface area contributed by atoms with Gasteiger partial charge in [0.2, 0.25) is 0 Å². The van der Waals surface area contributed by atoms with Gasteiger partial charge >= 0.3 is 0 Å². The zero-order chi connectivity index (χ0) is 16.5. The van der Waals surface area contributed by atoms with E-state index in [-0.39, 0.29) is 0 Å². The number of aryl methyl sites for hydroxylation is 1. The van der Waals surface area contributed by atoms with Crippen LogP contribution in [-0.4, -0.2) is 16.5 Å². The summed E-state index contributed by atoms with van der Waals surface area (Å²) in [4.78, 5) is 8.43. The minimum atomic E-state index is 0.739. The number of aromatic nitrogens is 2. The predicted octanol–water partition coefficient (Wildman–Crippen LogP) is 5.49. The van der Waals surface area contributed by atoms with E-state index in [1.54, 1.807) is 11.3 Å². The molecule has 0 unspecified atom stereocenters. The SMILES string of the molecule is NCCCCc1c(-c2nc3ccccc3s2)[nH]c2ccc(Br)cc12. The highest BCUT2D eigenvalue weighted by Crippen LogP contribution is 2.36. The van der Waals surface area contributed by atoms with Crippen LogP contribution in [0, 0.1) is 0 Å². The Morgan fingerprint density at radius 3 is 2.83 bits per heavy atom. The molecule has 3 nitrogen and oxygen atoms in total. The molecule has 0 bridgehead atoms. The molecular weight excluding hydrogens is 382 g/mol. The van der Waals surface area contributed by atoms with Gasteiger partial charge in [-0.2, -0.15) is 0 Å². The summed E-state index contributed by atoms with van der Waals surface area (Å²) in [6.07, 6.45) is 3.15. The lowest BCUT2D eigenvalue weighted by atomic mass is 10.0. The Morgan fingerprint density at radius 2 is 2.00 bits per heavy atom. The number of aromatic amines is 1. The van der Waals surface area contributed by atoms with Crippen LogP contribution in [0.3, 0.4) is 0 Å². The lowest BCUT2D eigenvalue weighted by molar-refractivity contribution is 0.748. The highest BCUT2D eigenvalue weighted by atomic mass is 79.9. The molecule has 3 N–H and O–H groups in total. The zero-order valence-corrected chi connectivity index (χ0v) is 15.6. The van der Waals surface area contributed by atoms with Crippen molar-refractivity contribution < 1.29 is 0 Å². The Labute approximate surface area is 153 Å². The molecule has 2 heterocycles. The van der Waals surface area contributed by atoms with Gasteiger partial charge in [-0.05, 0) is 61.7 Å². The minimum absolute atomic E-state index is 0.739. The number of unbranched alkanes of at least 4 members (excludes halogenated alkanes) is 1. The molecule has 2 aromatic heterocycles. The smallest absolute Gasteiger partial charge is 0.141 e. The van der Waals surface area contributed by atoms with Crippen molar-refractivity contribution >= 4 is 48.4 Å². The maximum absolute atomic E-state index is 5.68. The molecule has 24 heavy (non-hydrogen) atoms. The van der Waals surface area contributed by atoms with Crippen LogP contribution in [0.15, 0.2) is 46.9 Å². The summed E-state index contributed by atoms with van der Waals surface area (Å²) in [5.41, 5.74) is 10.4. The van der Waals surface area contributed by atoms with E-state index < -0.39 is 0 Å². The lowest BCUT2D eigenvalue weighted by Crippen LogP contribution is -1.99. The van der Waals surface area contributed by atoms with Crippen molar-refractivity contribution in [2.75, 3.05) is 6.54 Å². The Morgan fingerprint density at radius 1 is 1.12 bits per heavy atom. The summed E-state index contributed by atoms with van der Waals surface area (Å²) in [5.74, 6) is 0. The highest BCUT2D eigenvalue weighted by Gasteiger charge is 2.16. The van der Waals surface area contributed by atoms with E-state index >= 15 is 0 Å². The third kappa shape index (κ3) is 2.88. The molecule has 0 spiro atoms. The van der Waals surface area contributed by atoms with Gasteiger partial charge in [0.05, 0.1) is 15.9 Å². The van der Waals surface area contributed by atoms with Gasteiger partial charge in [0.25, 0.3) is 0 Å². The molecule has 0 aliphatic rings. The number of fused-ring (bicyclic) bond motifs is 2. The number of benzene rings is 2. The summed E-state index contributed by atoms with van der Waals surface area (Å²) in [5, 5.41) is 2.34. The van der Waals surface area contributed by atoms with Crippen molar-refractivity contribution in [3.63, 3.8) is 0 Å². The van der Waals surface area contributed by atoms with E-state index in [4.69, 9.17) is 10.7 Å². The number of nitrogens with zero attached hydrogens (tertiary/aromatic N) is 1. The van der Waals surface area contributed by atoms with Crippen LogP contribution in [0.1, 0.15) is 18.4 Å². The second-order valence-corrected chi connectivity index (χ2v) is 7.85. The summed E-state index contributed by atoms with van der Waals surface area (Å²) in [7, 11) is 0. The zero-order valence-electron chi connectivity index (χ0n) is 13.2. The minimum Gasteiger partial charge on any atom is -0.352 e. The van der Waals surface area contributed by atoms with Gasteiger partial charge in [-0.1, -0.05) is 28.1 Å². The fourth-order valence-electron chi connectivity index (χ4n) is 3.09. The largest absolute Gasteiger partial charge is 0.352 e. The number of thiazole rings is 1. The highest BCUT2D eigenvalue weighted by molar-refractivity contribution is 9.10. The van der Waals surface area contributed by atoms with E-state index in [9.17, 15) is 0 Å². The van der Waals surface area contributed by atoms with Gasteiger partial charge in [-0.25, -0.2) is 4.98 Å². The molecule has 0 saturated carbocycles. The predicted molar refractivity (Wildman–Crippen MR) is 107 cm³/mol. The summed E-state index contributed by atoms with van der Waals surface area (Å²) in [6.45, 7) is 0.739. The Hall–Kier alpha value is -1.69. The third-order valence-electron chi connectivity index (χ3n) is 4.26. The van der Waals surface area contributed by atoms with Crippen LogP contribution in [0.4, 0.5) is 0 Å². The van der Waals surface area contributed by atoms with Crippen molar-refractivity contribution in [2.24, 2.45) is 5.73 Å². The van der Waals surface area contributed by atoms with Gasteiger partial charge in [-0.3, -0.25) is 0 Å². The van der Waals surface area contributed by atoms with E-state index in [0.717, 1.165) is 52.0 Å². The van der Waals surface area contributed by atoms with Gasteiger partial charge in [0, 0.05) is 15.4 Å². The van der Waals surface area contributed by atoms with E-state index in [1.807, 2.05) is 6.07 Å². The van der Waals surface area contributed by atoms with Crippen LogP contribution < -0.4 is 5.73 Å². The van der Waals surface area contributed by atoms with Crippen molar-refractivity contribution in [1.82, 2.24) is 9.97 Å². The van der Waals surface area contributed by atoms with Crippen molar-refractivity contribution in [2.45, 2.75) is 19.3 Å². The number of hydrogen-bond donors (Lipinski definition) is 2. The summed E-state index contributed by atoms with van der Waals surface area (Å²) in [6, 6.07) is 14.7. The van der Waals surface area contributed by atoms with Gasteiger partial charge in [0.15, 0.2) is 0 Å². The second-order valence-electron chi connectivity index (χ2n) is 5.90. The molecule has 4 rings (SSSR count). The molecule has 5 heteroatoms. The monoisotopic (exact) mass is 399 g/mol. The molecule has 0 aliphatic heterocycles. The van der Waals surface area contributed by atoms with Crippen molar-refractivity contribution in [3.8, 4) is 10.7 Å². The number of halogens is 1. The van der Waals surface area contributed by atoms with Crippen LogP contribution >= 0.6 is 27.3 Å². The normalized spacial score (nSPS) is 11.6. The van der Waals surface area contributed by atoms with Crippen molar-refractivity contribution in [1.29, 1.82) is 0 Å². The average molecular weight is 400 g/mol. The van der Waals surface area contributed by atoms with Crippen molar-refractivity contribution in [3.05, 3.63) is 52.5 Å².